The van der Waals surface area contributed by atoms with Crippen LogP contribution >= 0.6 is 0 Å². The van der Waals surface area contributed by atoms with Gasteiger partial charge in [0.05, 0.1) is 21.3 Å². The first-order chi connectivity index (χ1) is 8.39. The van der Waals surface area contributed by atoms with E-state index in [-0.39, 0.29) is 10.9 Å². The monoisotopic (exact) mass is 277 g/mol. The minimum absolute atomic E-state index is 0.0315. The second-order valence-electron chi connectivity index (χ2n) is 4.45. The summed E-state index contributed by atoms with van der Waals surface area (Å²) in [6.45, 7) is 0. The van der Waals surface area contributed by atoms with Crippen molar-refractivity contribution < 1.29 is 17.4 Å². The van der Waals surface area contributed by atoms with E-state index in [9.17, 15) is 17.4 Å². The molecule has 1 aromatic rings. The highest BCUT2D eigenvalue weighted by Gasteiger charge is 2.32. The van der Waals surface area contributed by atoms with Crippen molar-refractivity contribution in [2.45, 2.75) is 42.0 Å². The maximum atomic E-state index is 12.5. The van der Waals surface area contributed by atoms with E-state index in [1.165, 1.54) is 6.07 Å². The van der Waals surface area contributed by atoms with E-state index in [0.29, 0.717) is 4.90 Å². The zero-order valence-electron chi connectivity index (χ0n) is 9.67. The van der Waals surface area contributed by atoms with Gasteiger partial charge in [0, 0.05) is 10.9 Å². The van der Waals surface area contributed by atoms with Crippen molar-refractivity contribution in [1.82, 2.24) is 0 Å². The summed E-state index contributed by atoms with van der Waals surface area (Å²) in [5.74, 6) is 0. The quantitative estimate of drug-likeness (QED) is 0.842. The van der Waals surface area contributed by atoms with Gasteiger partial charge in [-0.2, -0.15) is 13.2 Å². The summed E-state index contributed by atoms with van der Waals surface area (Å²) in [6.07, 6.45) is -0.657. The molecule has 1 aromatic carbocycles. The number of rotatable bonds is 2. The largest absolute Gasteiger partial charge is 0.416 e. The summed E-state index contributed by atoms with van der Waals surface area (Å²) in [7, 11) is -1.30. The Morgan fingerprint density at radius 2 is 1.83 bits per heavy atom. The molecule has 18 heavy (non-hydrogen) atoms. The lowest BCUT2D eigenvalue weighted by Gasteiger charge is -2.13. The fourth-order valence-corrected chi connectivity index (χ4v) is 3.80. The molecule has 0 amide bonds. The molecule has 0 aromatic heterocycles. The van der Waals surface area contributed by atoms with Crippen LogP contribution in [0.25, 0.3) is 0 Å². The Labute approximate surface area is 106 Å². The van der Waals surface area contributed by atoms with E-state index in [2.05, 4.69) is 0 Å². The molecule has 1 aliphatic carbocycles. The average Bonchev–Trinajstić information content (AvgIpc) is 2.80. The van der Waals surface area contributed by atoms with Crippen LogP contribution in [0.4, 0.5) is 18.9 Å². The lowest BCUT2D eigenvalue weighted by atomic mass is 10.2. The van der Waals surface area contributed by atoms with Gasteiger partial charge in [-0.1, -0.05) is 12.8 Å². The van der Waals surface area contributed by atoms with Crippen molar-refractivity contribution in [3.8, 4) is 0 Å². The highest BCUT2D eigenvalue weighted by atomic mass is 32.2. The predicted molar refractivity (Wildman–Crippen MR) is 64.5 cm³/mol. The number of alkyl halides is 3. The van der Waals surface area contributed by atoms with Gasteiger partial charge in [-0.25, -0.2) is 0 Å². The molecule has 6 heteroatoms. The van der Waals surface area contributed by atoms with Gasteiger partial charge in [-0.3, -0.25) is 4.21 Å². The first kappa shape index (κ1) is 13.4. The van der Waals surface area contributed by atoms with Gasteiger partial charge in [-0.05, 0) is 31.0 Å². The molecule has 0 bridgehead atoms. The van der Waals surface area contributed by atoms with E-state index in [4.69, 9.17) is 5.73 Å². The summed E-state index contributed by atoms with van der Waals surface area (Å²) in [5.41, 5.74) is 4.76. The second kappa shape index (κ2) is 4.91. The van der Waals surface area contributed by atoms with Gasteiger partial charge >= 0.3 is 6.18 Å². The van der Waals surface area contributed by atoms with E-state index in [1.807, 2.05) is 0 Å². The van der Waals surface area contributed by atoms with E-state index in [0.717, 1.165) is 37.8 Å². The van der Waals surface area contributed by atoms with Crippen molar-refractivity contribution in [2.75, 3.05) is 5.73 Å². The molecule has 0 aliphatic heterocycles. The van der Waals surface area contributed by atoms with Crippen LogP contribution in [-0.4, -0.2) is 9.46 Å². The molecule has 0 saturated heterocycles. The average molecular weight is 277 g/mol. The molecule has 1 atom stereocenters. The van der Waals surface area contributed by atoms with Crippen LogP contribution in [0.5, 0.6) is 0 Å². The third-order valence-corrected chi connectivity index (χ3v) is 5.04. The third kappa shape index (κ3) is 2.68. The summed E-state index contributed by atoms with van der Waals surface area (Å²) >= 11 is 0. The molecule has 100 valence electrons. The van der Waals surface area contributed by atoms with Gasteiger partial charge in [0.15, 0.2) is 0 Å². The standard InChI is InChI=1S/C12H14F3NOS/c13-12(14,15)8-5-6-11(10(16)7-8)18(17)9-3-1-2-4-9/h5-7,9H,1-4,16H2. The van der Waals surface area contributed by atoms with E-state index < -0.39 is 22.5 Å². The van der Waals surface area contributed by atoms with E-state index >= 15 is 0 Å². The molecule has 0 radical (unpaired) electrons. The molecule has 2 rings (SSSR count). The van der Waals surface area contributed by atoms with Crippen molar-refractivity contribution >= 4 is 16.5 Å². The Hall–Kier alpha value is -1.04. The van der Waals surface area contributed by atoms with Crippen LogP contribution in [0.15, 0.2) is 23.1 Å². The molecule has 1 aliphatic rings. The Morgan fingerprint density at radius 3 is 2.33 bits per heavy atom. The van der Waals surface area contributed by atoms with Crippen LogP contribution in [-0.2, 0) is 17.0 Å². The topological polar surface area (TPSA) is 43.1 Å². The SMILES string of the molecule is Nc1cc(C(F)(F)F)ccc1S(=O)C1CCCC1. The Morgan fingerprint density at radius 1 is 1.22 bits per heavy atom. The number of anilines is 1. The minimum atomic E-state index is -4.42. The van der Waals surface area contributed by atoms with Gasteiger partial charge in [0.2, 0.25) is 0 Å². The minimum Gasteiger partial charge on any atom is -0.398 e. The highest BCUT2D eigenvalue weighted by Crippen LogP contribution is 2.34. The Balaban J connectivity index is 2.27. The van der Waals surface area contributed by atoms with Gasteiger partial charge < -0.3 is 5.73 Å². The summed E-state index contributed by atoms with van der Waals surface area (Å²) in [6, 6.07) is 3.05. The Bertz CT molecular complexity index is 467. The second-order valence-corrected chi connectivity index (χ2v) is 6.16. The molecule has 1 fully saturated rings. The lowest BCUT2D eigenvalue weighted by Crippen LogP contribution is -2.13. The first-order valence-corrected chi connectivity index (χ1v) is 6.98. The van der Waals surface area contributed by atoms with Crippen molar-refractivity contribution in [3.05, 3.63) is 23.8 Å². The number of hydrogen-bond acceptors (Lipinski definition) is 2. The van der Waals surface area contributed by atoms with Crippen molar-refractivity contribution in [1.29, 1.82) is 0 Å². The van der Waals surface area contributed by atoms with Gasteiger partial charge in [0.25, 0.3) is 0 Å². The summed E-state index contributed by atoms with van der Waals surface area (Å²) in [5, 5.41) is 0.0315. The summed E-state index contributed by atoms with van der Waals surface area (Å²) in [4.78, 5) is 0.329. The van der Waals surface area contributed by atoms with Crippen molar-refractivity contribution in [3.63, 3.8) is 0 Å². The number of hydrogen-bond donors (Lipinski definition) is 1. The molecular weight excluding hydrogens is 263 g/mol. The zero-order chi connectivity index (χ0) is 13.3. The molecule has 0 heterocycles. The molecule has 1 unspecified atom stereocenters. The molecule has 1 saturated carbocycles. The number of halogens is 3. The summed E-state index contributed by atoms with van der Waals surface area (Å²) < 4.78 is 49.6. The van der Waals surface area contributed by atoms with Crippen LogP contribution in [0.2, 0.25) is 0 Å². The number of nitrogen functional groups attached to an aromatic ring is 1. The Kier molecular flexibility index (Phi) is 3.66. The first-order valence-electron chi connectivity index (χ1n) is 5.77. The number of nitrogens with two attached hydrogens (primary N) is 1. The molecule has 2 nitrogen and oxygen atoms in total. The molecular formula is C12H14F3NOS. The van der Waals surface area contributed by atoms with E-state index in [1.54, 1.807) is 0 Å². The van der Waals surface area contributed by atoms with Crippen molar-refractivity contribution in [2.24, 2.45) is 0 Å². The lowest BCUT2D eigenvalue weighted by molar-refractivity contribution is -0.137. The van der Waals surface area contributed by atoms with Gasteiger partial charge in [0.1, 0.15) is 0 Å². The maximum Gasteiger partial charge on any atom is 0.416 e. The fraction of sp³-hybridized carbons (Fsp3) is 0.500. The fourth-order valence-electron chi connectivity index (χ4n) is 2.19. The normalized spacial score (nSPS) is 19.1. The van der Waals surface area contributed by atoms with Crippen LogP contribution in [0.3, 0.4) is 0 Å². The molecule has 2 N–H and O–H groups in total. The maximum absolute atomic E-state index is 12.5. The smallest absolute Gasteiger partial charge is 0.398 e. The van der Waals surface area contributed by atoms with Crippen LogP contribution in [0.1, 0.15) is 31.2 Å². The van der Waals surface area contributed by atoms with Gasteiger partial charge in [-0.15, -0.1) is 0 Å². The third-order valence-electron chi connectivity index (χ3n) is 3.16. The van der Waals surface area contributed by atoms with Crippen LogP contribution < -0.4 is 5.73 Å². The zero-order valence-corrected chi connectivity index (χ0v) is 10.5. The van der Waals surface area contributed by atoms with Crippen LogP contribution in [0, 0.1) is 0 Å². The highest BCUT2D eigenvalue weighted by molar-refractivity contribution is 7.85. The number of benzene rings is 1. The predicted octanol–water partition coefficient (Wildman–Crippen LogP) is 3.34. The molecule has 0 spiro atoms.